The number of benzene rings is 4. The van der Waals surface area contributed by atoms with Crippen LogP contribution in [-0.4, -0.2) is 7.05 Å². The number of nitrogens with zero attached hydrogens (tertiary/aromatic N) is 1. The monoisotopic (exact) mass is 839 g/mol. The van der Waals surface area contributed by atoms with Crippen LogP contribution < -0.4 is 10.2 Å². The fourth-order valence-corrected chi connectivity index (χ4v) is 11.7. The molecule has 0 fully saturated rings. The van der Waals surface area contributed by atoms with Crippen LogP contribution in [0.5, 0.6) is 0 Å². The Morgan fingerprint density at radius 3 is 2.02 bits per heavy atom. The lowest BCUT2D eigenvalue weighted by molar-refractivity contribution is 0.529. The Hall–Kier alpha value is -6.12. The number of hydrogen-bond acceptors (Lipinski definition) is 2. The van der Waals surface area contributed by atoms with Gasteiger partial charge in [0.25, 0.3) is 0 Å². The van der Waals surface area contributed by atoms with Crippen LogP contribution in [0.4, 0.5) is 11.4 Å². The number of allylic oxidation sites excluding steroid dienone is 18. The van der Waals surface area contributed by atoms with Gasteiger partial charge in [-0.1, -0.05) is 177 Å². The molecule has 5 aliphatic rings. The zero-order chi connectivity index (χ0) is 45.2. The molecule has 0 saturated carbocycles. The molecule has 4 aromatic carbocycles. The zero-order valence-electron chi connectivity index (χ0n) is 39.9. The highest BCUT2D eigenvalue weighted by molar-refractivity contribution is 5.90. The van der Waals surface area contributed by atoms with Crippen molar-refractivity contribution in [2.24, 2.45) is 5.41 Å². The van der Waals surface area contributed by atoms with E-state index in [2.05, 4.69) is 231 Å². The lowest BCUT2D eigenvalue weighted by atomic mass is 9.76. The van der Waals surface area contributed by atoms with Gasteiger partial charge in [-0.15, -0.1) is 0 Å². The predicted octanol–water partition coefficient (Wildman–Crippen LogP) is 15.9. The topological polar surface area (TPSA) is 15.3 Å². The van der Waals surface area contributed by atoms with Gasteiger partial charge in [0.05, 0.1) is 0 Å². The highest BCUT2D eigenvalue weighted by Crippen LogP contribution is 2.54. The van der Waals surface area contributed by atoms with E-state index in [4.69, 9.17) is 0 Å². The van der Waals surface area contributed by atoms with E-state index in [1.54, 1.807) is 0 Å². The fourth-order valence-electron chi connectivity index (χ4n) is 11.7. The first-order valence-corrected chi connectivity index (χ1v) is 23.5. The van der Waals surface area contributed by atoms with Crippen molar-refractivity contribution < 1.29 is 0 Å². The summed E-state index contributed by atoms with van der Waals surface area (Å²) in [4.78, 5) is 2.56. The highest BCUT2D eigenvalue weighted by atomic mass is 15.1. The first kappa shape index (κ1) is 43.1. The van der Waals surface area contributed by atoms with Crippen molar-refractivity contribution in [2.75, 3.05) is 11.9 Å². The van der Waals surface area contributed by atoms with Crippen molar-refractivity contribution in [1.82, 2.24) is 5.32 Å². The highest BCUT2D eigenvalue weighted by Gasteiger charge is 2.40. The largest absolute Gasteiger partial charge is 0.394 e. The molecule has 0 aromatic heterocycles. The molecular weight excluding hydrogens is 773 g/mol. The fraction of sp³-hybridized carbons (Fsp3) is 0.290. The third-order valence-electron chi connectivity index (χ3n) is 15.2. The molecule has 0 unspecified atom stereocenters. The summed E-state index contributed by atoms with van der Waals surface area (Å²) in [5.74, 6) is 0. The van der Waals surface area contributed by atoms with Gasteiger partial charge in [0, 0.05) is 46.8 Å². The standard InChI is InChI=1S/C62H66N2/c1-12-20-53-46(13-2)51-37-41(27-33-55(51)60(53,5)6)26-30-48-50-32-29-45(40-58(50)62(9,10)56(48)34-36-63-11)64(43-22-18-19-35-59(3,4)52-24-16-14-21-42(52)38-43)44-28-31-49-47-23-15-17-25-54(47)61(7,8)57(49)39-44/h12-26,28-32,34,36-37,39-40,63H,2,27,33,35,38H2,1,3-11H3/b19-18-,20-12-,30-26-,36-34+,43-22+. The van der Waals surface area contributed by atoms with Crippen molar-refractivity contribution in [1.29, 1.82) is 0 Å². The van der Waals surface area contributed by atoms with E-state index >= 15 is 0 Å². The summed E-state index contributed by atoms with van der Waals surface area (Å²) in [5, 5.41) is 3.30. The van der Waals surface area contributed by atoms with Crippen LogP contribution in [-0.2, 0) is 22.7 Å². The molecule has 64 heavy (non-hydrogen) atoms. The van der Waals surface area contributed by atoms with E-state index in [-0.39, 0.29) is 21.7 Å². The number of nitrogens with one attached hydrogen (secondary N) is 1. The van der Waals surface area contributed by atoms with Gasteiger partial charge in [-0.05, 0) is 152 Å². The molecule has 2 nitrogen and oxygen atoms in total. The molecule has 0 radical (unpaired) electrons. The van der Waals surface area contributed by atoms with Crippen molar-refractivity contribution >= 4 is 16.9 Å². The van der Waals surface area contributed by atoms with E-state index in [1.807, 2.05) is 7.05 Å². The molecule has 0 saturated heterocycles. The third-order valence-corrected chi connectivity index (χ3v) is 15.2. The van der Waals surface area contributed by atoms with Crippen LogP contribution in [0.3, 0.4) is 0 Å². The maximum absolute atomic E-state index is 4.27. The van der Waals surface area contributed by atoms with E-state index < -0.39 is 0 Å². The third kappa shape index (κ3) is 7.02. The Labute approximate surface area is 384 Å². The molecule has 0 heterocycles. The molecular formula is C62H66N2. The van der Waals surface area contributed by atoms with Gasteiger partial charge in [-0.2, -0.15) is 0 Å². The van der Waals surface area contributed by atoms with Crippen LogP contribution in [0.25, 0.3) is 16.7 Å². The summed E-state index contributed by atoms with van der Waals surface area (Å²) in [6, 6.07) is 32.5. The second kappa shape index (κ2) is 16.1. The minimum absolute atomic E-state index is 0.00721. The lowest BCUT2D eigenvalue weighted by Crippen LogP contribution is -2.23. The maximum Gasteiger partial charge on any atom is 0.0462 e. The second-order valence-corrected chi connectivity index (χ2v) is 20.6. The van der Waals surface area contributed by atoms with Gasteiger partial charge in [-0.3, -0.25) is 0 Å². The van der Waals surface area contributed by atoms with Crippen molar-refractivity contribution in [3.63, 3.8) is 0 Å². The minimum Gasteiger partial charge on any atom is -0.394 e. The minimum atomic E-state index is -0.249. The van der Waals surface area contributed by atoms with Gasteiger partial charge in [0.1, 0.15) is 0 Å². The Morgan fingerprint density at radius 1 is 0.641 bits per heavy atom. The molecule has 0 amide bonds. The number of rotatable bonds is 9. The summed E-state index contributed by atoms with van der Waals surface area (Å²) < 4.78 is 0. The van der Waals surface area contributed by atoms with E-state index in [9.17, 15) is 0 Å². The molecule has 2 heteroatoms. The molecule has 0 bridgehead atoms. The lowest BCUT2D eigenvalue weighted by Gasteiger charge is -2.32. The van der Waals surface area contributed by atoms with Crippen molar-refractivity contribution in [2.45, 2.75) is 104 Å². The van der Waals surface area contributed by atoms with E-state index in [1.165, 1.54) is 101 Å². The SMILES string of the molecule is C=CC1=C(/C=C\C)C(C)(C)C2=C1C=C(/C=C\C1=C(/C=C/NC)C(C)(C)c3cc(N(/C4=C/C=C\CC(C)(C)c5ccccc5C4)c4ccc5c(c4)C(C)(C)c4ccccc4-5)ccc31)CC2. The average Bonchev–Trinajstić information content (AvgIpc) is 3.75. The molecule has 0 spiro atoms. The average molecular weight is 839 g/mol. The van der Waals surface area contributed by atoms with Crippen LogP contribution >= 0.6 is 0 Å². The summed E-state index contributed by atoms with van der Waals surface area (Å²) in [5.41, 5.74) is 23.7. The van der Waals surface area contributed by atoms with Gasteiger partial charge < -0.3 is 10.2 Å². The molecule has 1 N–H and O–H groups in total. The molecule has 0 atom stereocenters. The second-order valence-electron chi connectivity index (χ2n) is 20.6. The van der Waals surface area contributed by atoms with Crippen LogP contribution in [0.2, 0.25) is 0 Å². The first-order chi connectivity index (χ1) is 30.6. The molecule has 0 aliphatic heterocycles. The summed E-state index contributed by atoms with van der Waals surface area (Å²) in [7, 11) is 1.99. The molecule has 324 valence electrons. The predicted molar refractivity (Wildman–Crippen MR) is 275 cm³/mol. The first-order valence-electron chi connectivity index (χ1n) is 23.5. The Balaban J connectivity index is 1.17. The van der Waals surface area contributed by atoms with Gasteiger partial charge in [0.15, 0.2) is 0 Å². The van der Waals surface area contributed by atoms with Crippen molar-refractivity contribution in [3.8, 4) is 11.1 Å². The van der Waals surface area contributed by atoms with Crippen LogP contribution in [0, 0.1) is 5.41 Å². The van der Waals surface area contributed by atoms with Crippen LogP contribution in [0.1, 0.15) is 115 Å². The van der Waals surface area contributed by atoms with Gasteiger partial charge >= 0.3 is 0 Å². The maximum atomic E-state index is 4.27. The summed E-state index contributed by atoms with van der Waals surface area (Å²) in [6.07, 6.45) is 29.0. The summed E-state index contributed by atoms with van der Waals surface area (Å²) in [6.45, 7) is 25.4. The normalized spacial score (nSPS) is 21.4. The van der Waals surface area contributed by atoms with E-state index in [0.29, 0.717) is 0 Å². The van der Waals surface area contributed by atoms with Crippen molar-refractivity contribution in [3.05, 3.63) is 231 Å². The molecule has 5 aliphatic carbocycles. The molecule has 4 aromatic rings. The number of anilines is 2. The van der Waals surface area contributed by atoms with Gasteiger partial charge in [-0.25, -0.2) is 0 Å². The molecule has 9 rings (SSSR count). The smallest absolute Gasteiger partial charge is 0.0462 e. The van der Waals surface area contributed by atoms with Gasteiger partial charge in [0.2, 0.25) is 0 Å². The number of hydrogen-bond donors (Lipinski definition) is 1. The zero-order valence-corrected chi connectivity index (χ0v) is 39.9. The number of fused-ring (bicyclic) bond motifs is 5. The van der Waals surface area contributed by atoms with Crippen LogP contribution in [0.15, 0.2) is 198 Å². The summed E-state index contributed by atoms with van der Waals surface area (Å²) >= 11 is 0. The van der Waals surface area contributed by atoms with E-state index in [0.717, 1.165) is 25.7 Å². The Kier molecular flexibility index (Phi) is 10.9. The Morgan fingerprint density at radius 2 is 1.30 bits per heavy atom. The quantitative estimate of drug-likeness (QED) is 0.181. The Bertz CT molecular complexity index is 2880.